The molecular formula is C20H28N2O4. The highest BCUT2D eigenvalue weighted by atomic mass is 16.5. The number of nitrogens with one attached hydrogen (secondary N) is 1. The first-order chi connectivity index (χ1) is 12.8. The molecule has 1 aromatic carbocycles. The first-order valence-corrected chi connectivity index (χ1v) is 9.04. The van der Waals surface area contributed by atoms with Crippen LogP contribution < -0.4 is 19.5 Å². The van der Waals surface area contributed by atoms with Gasteiger partial charge in [-0.2, -0.15) is 0 Å². The van der Waals surface area contributed by atoms with Gasteiger partial charge in [0.2, 0.25) is 5.75 Å². The Morgan fingerprint density at radius 2 is 1.81 bits per heavy atom. The van der Waals surface area contributed by atoms with Gasteiger partial charge in [0.15, 0.2) is 11.5 Å². The fourth-order valence-corrected chi connectivity index (χ4v) is 3.59. The number of furan rings is 1. The summed E-state index contributed by atoms with van der Waals surface area (Å²) in [4.78, 5) is 2.48. The molecule has 0 amide bonds. The number of benzene rings is 1. The van der Waals surface area contributed by atoms with Gasteiger partial charge in [0.25, 0.3) is 0 Å². The second-order valence-electron chi connectivity index (χ2n) is 6.40. The summed E-state index contributed by atoms with van der Waals surface area (Å²) in [5.74, 6) is 3.00. The summed E-state index contributed by atoms with van der Waals surface area (Å²) in [5, 5.41) is 3.55. The molecule has 26 heavy (non-hydrogen) atoms. The average Bonchev–Trinajstić information content (AvgIpc) is 3.38. The lowest BCUT2D eigenvalue weighted by molar-refractivity contribution is 0.209. The van der Waals surface area contributed by atoms with Crippen molar-refractivity contribution >= 4 is 0 Å². The summed E-state index contributed by atoms with van der Waals surface area (Å²) in [5.41, 5.74) is 1.03. The lowest BCUT2D eigenvalue weighted by Gasteiger charge is -2.26. The van der Waals surface area contributed by atoms with E-state index in [9.17, 15) is 0 Å². The molecule has 0 radical (unpaired) electrons. The maximum atomic E-state index is 5.68. The highest BCUT2D eigenvalue weighted by Gasteiger charge is 2.25. The Balaban J connectivity index is 1.69. The molecule has 6 heteroatoms. The molecule has 0 saturated carbocycles. The fourth-order valence-electron chi connectivity index (χ4n) is 3.59. The Kier molecular flexibility index (Phi) is 6.41. The van der Waals surface area contributed by atoms with E-state index in [4.69, 9.17) is 18.6 Å². The molecule has 1 N–H and O–H groups in total. The smallest absolute Gasteiger partial charge is 0.203 e. The van der Waals surface area contributed by atoms with Gasteiger partial charge in [0.1, 0.15) is 5.76 Å². The van der Waals surface area contributed by atoms with Gasteiger partial charge in [-0.25, -0.2) is 0 Å². The second-order valence-corrected chi connectivity index (χ2v) is 6.40. The van der Waals surface area contributed by atoms with Crippen LogP contribution in [-0.4, -0.2) is 45.9 Å². The molecule has 0 spiro atoms. The Labute approximate surface area is 155 Å². The molecule has 0 bridgehead atoms. The van der Waals surface area contributed by atoms with E-state index in [1.807, 2.05) is 18.2 Å². The molecule has 1 saturated heterocycles. The van der Waals surface area contributed by atoms with Crippen LogP contribution in [-0.2, 0) is 6.54 Å². The van der Waals surface area contributed by atoms with Crippen LogP contribution in [0.15, 0.2) is 34.9 Å². The molecule has 1 aromatic heterocycles. The Hall–Kier alpha value is -2.18. The lowest BCUT2D eigenvalue weighted by Crippen LogP contribution is -2.33. The minimum Gasteiger partial charge on any atom is -0.493 e. The Bertz CT molecular complexity index is 681. The van der Waals surface area contributed by atoms with Crippen LogP contribution >= 0.6 is 0 Å². The van der Waals surface area contributed by atoms with Crippen molar-refractivity contribution in [1.82, 2.24) is 10.2 Å². The largest absolute Gasteiger partial charge is 0.493 e. The van der Waals surface area contributed by atoms with Crippen LogP contribution in [0.3, 0.4) is 0 Å². The van der Waals surface area contributed by atoms with Crippen molar-refractivity contribution in [3.63, 3.8) is 0 Å². The van der Waals surface area contributed by atoms with Crippen molar-refractivity contribution in [3.8, 4) is 17.2 Å². The molecule has 1 unspecified atom stereocenters. The molecule has 1 atom stereocenters. The van der Waals surface area contributed by atoms with E-state index in [0.717, 1.165) is 31.0 Å². The first-order valence-electron chi connectivity index (χ1n) is 9.04. The van der Waals surface area contributed by atoms with E-state index in [1.165, 1.54) is 12.8 Å². The second kappa shape index (κ2) is 8.96. The minimum absolute atomic E-state index is 0.249. The summed E-state index contributed by atoms with van der Waals surface area (Å²) in [6.07, 6.45) is 4.25. The number of hydrogen-bond donors (Lipinski definition) is 1. The highest BCUT2D eigenvalue weighted by Crippen LogP contribution is 2.39. The number of methoxy groups -OCH3 is 3. The van der Waals surface area contributed by atoms with Gasteiger partial charge in [0, 0.05) is 18.7 Å². The summed E-state index contributed by atoms with van der Waals surface area (Å²) in [6.45, 7) is 3.72. The number of ether oxygens (including phenoxy) is 3. The summed E-state index contributed by atoms with van der Waals surface area (Å²) >= 11 is 0. The van der Waals surface area contributed by atoms with Crippen molar-refractivity contribution in [2.45, 2.75) is 25.4 Å². The van der Waals surface area contributed by atoms with Gasteiger partial charge in [0.05, 0.1) is 33.6 Å². The van der Waals surface area contributed by atoms with E-state index in [1.54, 1.807) is 27.6 Å². The van der Waals surface area contributed by atoms with Crippen molar-refractivity contribution in [2.24, 2.45) is 0 Å². The molecule has 1 aliphatic heterocycles. The van der Waals surface area contributed by atoms with Crippen LogP contribution in [0.25, 0.3) is 0 Å². The number of likely N-dealkylation sites (tertiary alicyclic amines) is 1. The molecule has 2 heterocycles. The summed E-state index contributed by atoms with van der Waals surface area (Å²) in [6, 6.07) is 8.17. The quantitative estimate of drug-likeness (QED) is 0.741. The number of hydrogen-bond acceptors (Lipinski definition) is 6. The number of nitrogens with zero attached hydrogens (tertiary/aromatic N) is 1. The van der Waals surface area contributed by atoms with Crippen LogP contribution in [0.2, 0.25) is 0 Å². The SMILES string of the molecule is COc1ccc(CNCC(c2ccco2)N2CCCC2)c(OC)c1OC. The van der Waals surface area contributed by atoms with Gasteiger partial charge in [-0.3, -0.25) is 4.90 Å². The molecule has 142 valence electrons. The molecule has 1 fully saturated rings. The van der Waals surface area contributed by atoms with E-state index < -0.39 is 0 Å². The zero-order valence-corrected chi connectivity index (χ0v) is 15.8. The van der Waals surface area contributed by atoms with E-state index >= 15 is 0 Å². The normalized spacial score (nSPS) is 15.8. The molecule has 2 aromatic rings. The van der Waals surface area contributed by atoms with E-state index in [2.05, 4.69) is 16.3 Å². The van der Waals surface area contributed by atoms with Crippen LogP contribution in [0.4, 0.5) is 0 Å². The maximum absolute atomic E-state index is 5.68. The third kappa shape index (κ3) is 3.97. The van der Waals surface area contributed by atoms with Gasteiger partial charge in [-0.05, 0) is 44.1 Å². The zero-order valence-electron chi connectivity index (χ0n) is 15.8. The van der Waals surface area contributed by atoms with Crippen molar-refractivity contribution in [1.29, 1.82) is 0 Å². The van der Waals surface area contributed by atoms with Crippen LogP contribution in [0.1, 0.15) is 30.2 Å². The van der Waals surface area contributed by atoms with E-state index in [-0.39, 0.29) is 6.04 Å². The van der Waals surface area contributed by atoms with E-state index in [0.29, 0.717) is 23.8 Å². The predicted molar refractivity (Wildman–Crippen MR) is 100 cm³/mol. The van der Waals surface area contributed by atoms with Crippen molar-refractivity contribution in [3.05, 3.63) is 41.9 Å². The Morgan fingerprint density at radius 3 is 2.42 bits per heavy atom. The minimum atomic E-state index is 0.249. The summed E-state index contributed by atoms with van der Waals surface area (Å²) < 4.78 is 22.1. The highest BCUT2D eigenvalue weighted by molar-refractivity contribution is 5.55. The van der Waals surface area contributed by atoms with Crippen LogP contribution in [0, 0.1) is 0 Å². The van der Waals surface area contributed by atoms with Gasteiger partial charge >= 0.3 is 0 Å². The van der Waals surface area contributed by atoms with Crippen LogP contribution in [0.5, 0.6) is 17.2 Å². The van der Waals surface area contributed by atoms with Crippen molar-refractivity contribution in [2.75, 3.05) is 41.0 Å². The lowest BCUT2D eigenvalue weighted by atomic mass is 10.1. The standard InChI is InChI=1S/C20H28N2O4/c1-23-18-9-8-15(19(24-2)20(18)25-3)13-21-14-16(17-7-6-12-26-17)22-10-4-5-11-22/h6-9,12,16,21H,4-5,10-11,13-14H2,1-3H3. The topological polar surface area (TPSA) is 56.1 Å². The molecule has 6 nitrogen and oxygen atoms in total. The average molecular weight is 360 g/mol. The predicted octanol–water partition coefficient (Wildman–Crippen LogP) is 3.23. The first kappa shape index (κ1) is 18.6. The fraction of sp³-hybridized carbons (Fsp3) is 0.500. The molecule has 0 aliphatic carbocycles. The third-order valence-corrected chi connectivity index (χ3v) is 4.89. The molecular weight excluding hydrogens is 332 g/mol. The van der Waals surface area contributed by atoms with Gasteiger partial charge in [-0.15, -0.1) is 0 Å². The third-order valence-electron chi connectivity index (χ3n) is 4.89. The summed E-state index contributed by atoms with van der Waals surface area (Å²) in [7, 11) is 4.90. The maximum Gasteiger partial charge on any atom is 0.203 e. The molecule has 1 aliphatic rings. The molecule has 3 rings (SSSR count). The van der Waals surface area contributed by atoms with Gasteiger partial charge < -0.3 is 23.9 Å². The van der Waals surface area contributed by atoms with Crippen molar-refractivity contribution < 1.29 is 18.6 Å². The number of rotatable bonds is 9. The van der Waals surface area contributed by atoms with Gasteiger partial charge in [-0.1, -0.05) is 6.07 Å². The monoisotopic (exact) mass is 360 g/mol. The zero-order chi connectivity index (χ0) is 18.4. The Morgan fingerprint density at radius 1 is 1.04 bits per heavy atom.